The van der Waals surface area contributed by atoms with Crippen LogP contribution in [0.4, 0.5) is 9.93 Å². The summed E-state index contributed by atoms with van der Waals surface area (Å²) < 4.78 is 5.21. The van der Waals surface area contributed by atoms with Crippen LogP contribution in [0.2, 0.25) is 0 Å². The topological polar surface area (TPSA) is 95.1 Å². The van der Waals surface area contributed by atoms with E-state index in [1.807, 2.05) is 9.80 Å². The highest BCUT2D eigenvalue weighted by atomic mass is 32.1. The molecule has 2 saturated heterocycles. The van der Waals surface area contributed by atoms with E-state index < -0.39 is 11.7 Å². The van der Waals surface area contributed by atoms with E-state index in [1.54, 1.807) is 26.2 Å². The summed E-state index contributed by atoms with van der Waals surface area (Å²) in [5.41, 5.74) is 0.0455. The van der Waals surface area contributed by atoms with Crippen molar-refractivity contribution in [3.63, 3.8) is 0 Å². The molecule has 1 N–H and O–H groups in total. The molecule has 30 heavy (non-hydrogen) atoms. The molecule has 3 heterocycles. The summed E-state index contributed by atoms with van der Waals surface area (Å²) >= 11 is 1.27. The molecule has 1 aromatic heterocycles. The van der Waals surface area contributed by atoms with Crippen molar-refractivity contribution in [1.82, 2.24) is 19.7 Å². The molecular formula is C20H31N5O4S. The maximum Gasteiger partial charge on any atom is 0.413 e. The van der Waals surface area contributed by atoms with Gasteiger partial charge in [0.1, 0.15) is 5.60 Å². The predicted molar refractivity (Wildman–Crippen MR) is 115 cm³/mol. The largest absolute Gasteiger partial charge is 0.444 e. The van der Waals surface area contributed by atoms with Crippen molar-refractivity contribution in [1.29, 1.82) is 0 Å². The van der Waals surface area contributed by atoms with Gasteiger partial charge in [-0.05, 0) is 33.6 Å². The Hall–Kier alpha value is -2.20. The van der Waals surface area contributed by atoms with Crippen LogP contribution in [0.1, 0.15) is 39.3 Å². The number of thiazole rings is 1. The number of carbonyl (C=O) groups excluding carboxylic acids is 3. The van der Waals surface area contributed by atoms with Crippen molar-refractivity contribution in [2.45, 2.75) is 45.6 Å². The van der Waals surface area contributed by atoms with E-state index in [2.05, 4.69) is 15.2 Å². The monoisotopic (exact) mass is 437 g/mol. The molecule has 0 aliphatic carbocycles. The van der Waals surface area contributed by atoms with Crippen LogP contribution >= 0.6 is 11.3 Å². The third-order valence-corrected chi connectivity index (χ3v) is 5.84. The fraction of sp³-hybridized carbons (Fsp3) is 0.700. The van der Waals surface area contributed by atoms with Crippen LogP contribution in [0, 0.1) is 0 Å². The zero-order valence-electron chi connectivity index (χ0n) is 18.0. The van der Waals surface area contributed by atoms with E-state index in [1.165, 1.54) is 11.3 Å². The number of rotatable bonds is 5. The zero-order valence-corrected chi connectivity index (χ0v) is 18.8. The van der Waals surface area contributed by atoms with Gasteiger partial charge in [-0.15, -0.1) is 11.3 Å². The second-order valence-electron chi connectivity index (χ2n) is 8.69. The smallest absolute Gasteiger partial charge is 0.413 e. The molecule has 0 radical (unpaired) electrons. The van der Waals surface area contributed by atoms with Crippen molar-refractivity contribution in [3.05, 3.63) is 11.1 Å². The first-order valence-electron chi connectivity index (χ1n) is 10.4. The van der Waals surface area contributed by atoms with Crippen molar-refractivity contribution < 1.29 is 19.1 Å². The first kappa shape index (κ1) is 22.5. The van der Waals surface area contributed by atoms with Gasteiger partial charge in [0.2, 0.25) is 11.8 Å². The number of likely N-dealkylation sites (tertiary alicyclic amines) is 1. The molecule has 3 amide bonds. The number of anilines is 1. The summed E-state index contributed by atoms with van der Waals surface area (Å²) in [6, 6.07) is 0. The Kier molecular flexibility index (Phi) is 7.30. The number of piperazine rings is 1. The Morgan fingerprint density at radius 3 is 2.30 bits per heavy atom. The Balaban J connectivity index is 1.41. The number of amides is 3. The van der Waals surface area contributed by atoms with Crippen LogP contribution in [-0.2, 0) is 20.7 Å². The molecule has 2 aliphatic rings. The van der Waals surface area contributed by atoms with Gasteiger partial charge in [0.25, 0.3) is 0 Å². The molecule has 0 aromatic carbocycles. The summed E-state index contributed by atoms with van der Waals surface area (Å²) in [6.07, 6.45) is 1.83. The molecule has 3 rings (SSSR count). The number of aromatic nitrogens is 1. The van der Waals surface area contributed by atoms with Gasteiger partial charge in [-0.1, -0.05) is 0 Å². The Bertz CT molecular complexity index is 761. The van der Waals surface area contributed by atoms with E-state index in [4.69, 9.17) is 4.74 Å². The van der Waals surface area contributed by atoms with Crippen LogP contribution in [0.15, 0.2) is 5.38 Å². The highest BCUT2D eigenvalue weighted by Crippen LogP contribution is 2.18. The molecule has 166 valence electrons. The second-order valence-corrected chi connectivity index (χ2v) is 9.55. The fourth-order valence-corrected chi connectivity index (χ4v) is 4.21. The number of hydrogen-bond donors (Lipinski definition) is 1. The number of carbonyl (C=O) groups is 3. The minimum atomic E-state index is -0.582. The van der Waals surface area contributed by atoms with Crippen LogP contribution in [0.3, 0.4) is 0 Å². The summed E-state index contributed by atoms with van der Waals surface area (Å²) in [6.45, 7) is 10.2. The standard InChI is InChI=1S/C20H31N5O4S/c1-20(2,3)29-19(28)22-18-21-15(14-30-18)12-16(26)25-10-8-23(9-11-25)13-17(27)24-6-4-5-7-24/h14H,4-13H2,1-3H3,(H,21,22,28). The number of nitrogens with zero attached hydrogens (tertiary/aromatic N) is 4. The second kappa shape index (κ2) is 9.74. The quantitative estimate of drug-likeness (QED) is 0.755. The molecule has 10 heteroatoms. The van der Waals surface area contributed by atoms with Gasteiger partial charge in [-0.2, -0.15) is 0 Å². The lowest BCUT2D eigenvalue weighted by atomic mass is 10.2. The SMILES string of the molecule is CC(C)(C)OC(=O)Nc1nc(CC(=O)N2CCN(CC(=O)N3CCCC3)CC2)cs1. The van der Waals surface area contributed by atoms with Gasteiger partial charge in [0.05, 0.1) is 18.7 Å². The summed E-state index contributed by atoms with van der Waals surface area (Å²) in [4.78, 5) is 46.9. The molecule has 2 aliphatic heterocycles. The number of hydrogen-bond acceptors (Lipinski definition) is 7. The lowest BCUT2D eigenvalue weighted by molar-refractivity contribution is -0.134. The Morgan fingerprint density at radius 2 is 1.67 bits per heavy atom. The van der Waals surface area contributed by atoms with E-state index in [0.717, 1.165) is 25.9 Å². The van der Waals surface area contributed by atoms with Crippen molar-refractivity contribution in [2.24, 2.45) is 0 Å². The van der Waals surface area contributed by atoms with Crippen LogP contribution in [0.25, 0.3) is 0 Å². The van der Waals surface area contributed by atoms with Gasteiger partial charge in [0.15, 0.2) is 5.13 Å². The Labute approximate surface area is 181 Å². The molecule has 0 unspecified atom stereocenters. The lowest BCUT2D eigenvalue weighted by Crippen LogP contribution is -2.51. The minimum absolute atomic E-state index is 0.00892. The molecule has 1 aromatic rings. The van der Waals surface area contributed by atoms with Gasteiger partial charge < -0.3 is 14.5 Å². The van der Waals surface area contributed by atoms with E-state index >= 15 is 0 Å². The zero-order chi connectivity index (χ0) is 21.7. The highest BCUT2D eigenvalue weighted by molar-refractivity contribution is 7.13. The molecule has 0 saturated carbocycles. The lowest BCUT2D eigenvalue weighted by Gasteiger charge is -2.35. The molecule has 0 bridgehead atoms. The summed E-state index contributed by atoms with van der Waals surface area (Å²) in [7, 11) is 0. The molecule has 2 fully saturated rings. The number of ether oxygens (including phenoxy) is 1. The first-order chi connectivity index (χ1) is 14.2. The van der Waals surface area contributed by atoms with Crippen molar-refractivity contribution >= 4 is 34.4 Å². The Morgan fingerprint density at radius 1 is 1.03 bits per heavy atom. The summed E-state index contributed by atoms with van der Waals surface area (Å²) in [5, 5.41) is 4.79. The number of nitrogens with one attached hydrogen (secondary N) is 1. The van der Waals surface area contributed by atoms with Gasteiger partial charge >= 0.3 is 6.09 Å². The van der Waals surface area contributed by atoms with Crippen LogP contribution < -0.4 is 5.32 Å². The molecular weight excluding hydrogens is 406 g/mol. The minimum Gasteiger partial charge on any atom is -0.444 e. The van der Waals surface area contributed by atoms with Crippen LogP contribution in [-0.4, -0.2) is 89.0 Å². The van der Waals surface area contributed by atoms with E-state index in [0.29, 0.717) is 43.5 Å². The average molecular weight is 438 g/mol. The van der Waals surface area contributed by atoms with Gasteiger partial charge in [-0.25, -0.2) is 9.78 Å². The maximum atomic E-state index is 12.6. The molecule has 9 nitrogen and oxygen atoms in total. The maximum absolute atomic E-state index is 12.6. The molecule has 0 spiro atoms. The van der Waals surface area contributed by atoms with Crippen molar-refractivity contribution in [2.75, 3.05) is 51.1 Å². The van der Waals surface area contributed by atoms with Crippen LogP contribution in [0.5, 0.6) is 0 Å². The third-order valence-electron chi connectivity index (χ3n) is 5.03. The first-order valence-corrected chi connectivity index (χ1v) is 11.3. The third kappa shape index (κ3) is 6.66. The van der Waals surface area contributed by atoms with Gasteiger partial charge in [0, 0.05) is 44.6 Å². The van der Waals surface area contributed by atoms with E-state index in [9.17, 15) is 14.4 Å². The summed E-state index contributed by atoms with van der Waals surface area (Å²) in [5.74, 6) is 0.203. The van der Waals surface area contributed by atoms with E-state index in [-0.39, 0.29) is 18.2 Å². The molecule has 0 atom stereocenters. The average Bonchev–Trinajstić information content (AvgIpc) is 3.33. The predicted octanol–water partition coefficient (Wildman–Crippen LogP) is 1.80. The normalized spacial score (nSPS) is 17.8. The highest BCUT2D eigenvalue weighted by Gasteiger charge is 2.26. The van der Waals surface area contributed by atoms with Crippen molar-refractivity contribution in [3.8, 4) is 0 Å². The van der Waals surface area contributed by atoms with Gasteiger partial charge in [-0.3, -0.25) is 19.8 Å². The fourth-order valence-electron chi connectivity index (χ4n) is 3.52.